The maximum atomic E-state index is 12.6. The van der Waals surface area contributed by atoms with E-state index in [1.807, 2.05) is 0 Å². The Balaban J connectivity index is 1.71. The van der Waals surface area contributed by atoms with E-state index in [2.05, 4.69) is 10.3 Å². The summed E-state index contributed by atoms with van der Waals surface area (Å²) in [5, 5.41) is 13.9. The molecule has 0 saturated heterocycles. The molecule has 3 rings (SSSR count). The number of aliphatic hydroxyl groups is 1. The van der Waals surface area contributed by atoms with Crippen molar-refractivity contribution in [2.75, 3.05) is 6.61 Å². The number of alkyl halides is 3. The summed E-state index contributed by atoms with van der Waals surface area (Å²) in [7, 11) is 0. The van der Waals surface area contributed by atoms with Gasteiger partial charge in [0, 0.05) is 5.02 Å². The molecule has 1 atom stereocenters. The molecule has 2 aromatic rings. The van der Waals surface area contributed by atoms with Gasteiger partial charge in [-0.3, -0.25) is 4.79 Å². The fraction of sp³-hybridized carbons (Fsp3) is 0.444. The number of nitrogens with one attached hydrogen (secondary N) is 1. The highest BCUT2D eigenvalue weighted by Gasteiger charge is 2.47. The van der Waals surface area contributed by atoms with E-state index in [-0.39, 0.29) is 17.2 Å². The topological polar surface area (TPSA) is 71.5 Å². The molecule has 1 heterocycles. The predicted octanol–water partition coefficient (Wildman–Crippen LogP) is 4.79. The van der Waals surface area contributed by atoms with E-state index in [1.165, 1.54) is 25.3 Å². The van der Waals surface area contributed by atoms with Gasteiger partial charge >= 0.3 is 6.18 Å². The SMILES string of the molecule is C[C@](O)(CC(=O)NC1(c2cc(Cl)cc(OCC(F)(F)F)c2)CC1)c1ncc(Cl)s1. The number of nitrogens with zero attached hydrogens (tertiary/aromatic N) is 1. The summed E-state index contributed by atoms with van der Waals surface area (Å²) in [6, 6.07) is 4.29. The second kappa shape index (κ2) is 7.94. The van der Waals surface area contributed by atoms with Crippen LogP contribution >= 0.6 is 34.5 Å². The van der Waals surface area contributed by atoms with Crippen LogP contribution in [0, 0.1) is 0 Å². The molecule has 0 aliphatic heterocycles. The number of hydrogen-bond donors (Lipinski definition) is 2. The molecular formula is C18H17Cl2F3N2O3S. The van der Waals surface area contributed by atoms with Crippen molar-refractivity contribution in [3.63, 3.8) is 0 Å². The molecule has 29 heavy (non-hydrogen) atoms. The number of benzene rings is 1. The van der Waals surface area contributed by atoms with Crippen LogP contribution in [-0.4, -0.2) is 28.8 Å². The molecule has 1 amide bonds. The van der Waals surface area contributed by atoms with Crippen molar-refractivity contribution in [1.29, 1.82) is 0 Å². The Labute approximate surface area is 178 Å². The smallest absolute Gasteiger partial charge is 0.422 e. The zero-order valence-corrected chi connectivity index (χ0v) is 17.5. The number of carbonyl (C=O) groups is 1. The molecule has 158 valence electrons. The largest absolute Gasteiger partial charge is 0.484 e. The van der Waals surface area contributed by atoms with Crippen molar-refractivity contribution < 1.29 is 27.8 Å². The Kier molecular flexibility index (Phi) is 6.06. The first-order valence-corrected chi connectivity index (χ1v) is 10.1. The van der Waals surface area contributed by atoms with Crippen LogP contribution in [0.1, 0.15) is 36.8 Å². The Morgan fingerprint density at radius 3 is 2.59 bits per heavy atom. The van der Waals surface area contributed by atoms with Gasteiger partial charge in [-0.05, 0) is 43.5 Å². The second-order valence-electron chi connectivity index (χ2n) is 7.13. The number of hydrogen-bond acceptors (Lipinski definition) is 5. The zero-order chi connectivity index (χ0) is 21.4. The highest BCUT2D eigenvalue weighted by Crippen LogP contribution is 2.47. The average molecular weight is 469 g/mol. The predicted molar refractivity (Wildman–Crippen MR) is 103 cm³/mol. The van der Waals surface area contributed by atoms with E-state index in [1.54, 1.807) is 6.07 Å². The first-order valence-electron chi connectivity index (χ1n) is 8.54. The maximum Gasteiger partial charge on any atom is 0.422 e. The van der Waals surface area contributed by atoms with Gasteiger partial charge in [0.15, 0.2) is 6.61 Å². The third-order valence-corrected chi connectivity index (χ3v) is 5.98. The summed E-state index contributed by atoms with van der Waals surface area (Å²) >= 11 is 12.9. The maximum absolute atomic E-state index is 12.6. The van der Waals surface area contributed by atoms with Crippen LogP contribution in [0.15, 0.2) is 24.4 Å². The number of aromatic nitrogens is 1. The molecule has 1 aliphatic rings. The number of ether oxygens (including phenoxy) is 1. The van der Waals surface area contributed by atoms with Gasteiger partial charge in [0.1, 0.15) is 20.7 Å². The van der Waals surface area contributed by atoms with Crippen molar-refractivity contribution in [2.24, 2.45) is 0 Å². The summed E-state index contributed by atoms with van der Waals surface area (Å²) < 4.78 is 42.4. The van der Waals surface area contributed by atoms with Gasteiger partial charge in [-0.1, -0.05) is 23.2 Å². The fourth-order valence-electron chi connectivity index (χ4n) is 2.90. The Morgan fingerprint density at radius 2 is 2.03 bits per heavy atom. The molecule has 1 aliphatic carbocycles. The standard InChI is InChI=1S/C18H17Cl2F3N2O3S/c1-16(27,15-24-8-13(20)29-15)7-14(26)25-17(2-3-17)10-4-11(19)6-12(5-10)28-9-18(21,22)23/h4-6,8,27H,2-3,7,9H2,1H3,(H,25,26)/t16-/m0/s1. The monoisotopic (exact) mass is 468 g/mol. The van der Waals surface area contributed by atoms with E-state index in [9.17, 15) is 23.1 Å². The van der Waals surface area contributed by atoms with Crippen molar-refractivity contribution in [1.82, 2.24) is 10.3 Å². The molecule has 2 N–H and O–H groups in total. The first kappa shape index (κ1) is 22.1. The molecule has 1 fully saturated rings. The number of carbonyl (C=O) groups excluding carboxylic acids is 1. The molecule has 0 radical (unpaired) electrons. The van der Waals surface area contributed by atoms with Crippen molar-refractivity contribution >= 4 is 40.4 Å². The molecule has 1 saturated carbocycles. The third kappa shape index (κ3) is 5.75. The van der Waals surface area contributed by atoms with E-state index in [0.717, 1.165) is 11.3 Å². The summed E-state index contributed by atoms with van der Waals surface area (Å²) in [5.74, 6) is -0.466. The van der Waals surface area contributed by atoms with E-state index < -0.39 is 29.8 Å². The highest BCUT2D eigenvalue weighted by atomic mass is 35.5. The molecule has 0 spiro atoms. The van der Waals surface area contributed by atoms with Gasteiger partial charge in [-0.15, -0.1) is 11.3 Å². The number of amides is 1. The summed E-state index contributed by atoms with van der Waals surface area (Å²) in [5.41, 5.74) is -1.71. The Morgan fingerprint density at radius 1 is 1.34 bits per heavy atom. The molecule has 1 aromatic heterocycles. The molecule has 5 nitrogen and oxygen atoms in total. The minimum Gasteiger partial charge on any atom is -0.484 e. The average Bonchev–Trinajstić information content (AvgIpc) is 3.22. The molecular weight excluding hydrogens is 452 g/mol. The number of thiazole rings is 1. The van der Waals surface area contributed by atoms with Gasteiger partial charge in [-0.2, -0.15) is 13.2 Å². The molecule has 1 aromatic carbocycles. The summed E-state index contributed by atoms with van der Waals surface area (Å²) in [6.45, 7) is 0.0230. The van der Waals surface area contributed by atoms with Crippen molar-refractivity contribution in [3.8, 4) is 5.75 Å². The summed E-state index contributed by atoms with van der Waals surface area (Å²) in [4.78, 5) is 16.6. The lowest BCUT2D eigenvalue weighted by Gasteiger charge is -2.24. The quantitative estimate of drug-likeness (QED) is 0.612. The van der Waals surface area contributed by atoms with Gasteiger partial charge in [0.25, 0.3) is 0 Å². The normalized spacial score (nSPS) is 17.5. The van der Waals surface area contributed by atoms with Gasteiger partial charge < -0.3 is 15.2 Å². The van der Waals surface area contributed by atoms with Gasteiger partial charge in [0.05, 0.1) is 18.2 Å². The van der Waals surface area contributed by atoms with Crippen LogP contribution in [0.5, 0.6) is 5.75 Å². The lowest BCUT2D eigenvalue weighted by atomic mass is 10.0. The number of rotatable bonds is 7. The minimum atomic E-state index is -4.47. The van der Waals surface area contributed by atoms with Crippen molar-refractivity contribution in [2.45, 2.75) is 43.5 Å². The molecule has 11 heteroatoms. The lowest BCUT2D eigenvalue weighted by molar-refractivity contribution is -0.153. The summed E-state index contributed by atoms with van der Waals surface area (Å²) in [6.07, 6.45) is -2.16. The van der Waals surface area contributed by atoms with Gasteiger partial charge in [-0.25, -0.2) is 4.98 Å². The minimum absolute atomic E-state index is 0.0326. The van der Waals surface area contributed by atoms with Crippen LogP contribution in [0.2, 0.25) is 9.36 Å². The van der Waals surface area contributed by atoms with E-state index in [0.29, 0.717) is 27.7 Å². The van der Waals surface area contributed by atoms with Crippen LogP contribution in [-0.2, 0) is 15.9 Å². The highest BCUT2D eigenvalue weighted by molar-refractivity contribution is 7.15. The van der Waals surface area contributed by atoms with E-state index >= 15 is 0 Å². The number of halogens is 5. The van der Waals surface area contributed by atoms with E-state index in [4.69, 9.17) is 27.9 Å². The Bertz CT molecular complexity index is 914. The van der Waals surface area contributed by atoms with Crippen LogP contribution < -0.4 is 10.1 Å². The Hall–Kier alpha value is -1.55. The lowest BCUT2D eigenvalue weighted by Crippen LogP contribution is -2.39. The zero-order valence-electron chi connectivity index (χ0n) is 15.1. The first-order chi connectivity index (χ1) is 13.4. The second-order valence-corrected chi connectivity index (χ2v) is 9.23. The van der Waals surface area contributed by atoms with Crippen LogP contribution in [0.3, 0.4) is 0 Å². The fourth-order valence-corrected chi connectivity index (χ4v) is 4.08. The molecule has 0 unspecified atom stereocenters. The van der Waals surface area contributed by atoms with Crippen LogP contribution in [0.25, 0.3) is 0 Å². The van der Waals surface area contributed by atoms with Crippen molar-refractivity contribution in [3.05, 3.63) is 44.3 Å². The molecule has 0 bridgehead atoms. The van der Waals surface area contributed by atoms with Crippen LogP contribution in [0.4, 0.5) is 13.2 Å². The van der Waals surface area contributed by atoms with Gasteiger partial charge in [0.2, 0.25) is 5.91 Å². The third-order valence-electron chi connectivity index (χ3n) is 4.40.